The van der Waals surface area contributed by atoms with Gasteiger partial charge in [0.05, 0.1) is 6.61 Å². The first kappa shape index (κ1) is 13.0. The van der Waals surface area contributed by atoms with Crippen LogP contribution < -0.4 is 5.32 Å². The number of esters is 1. The van der Waals surface area contributed by atoms with Crippen LogP contribution in [0.4, 0.5) is 11.5 Å². The van der Waals surface area contributed by atoms with Gasteiger partial charge in [-0.25, -0.2) is 14.8 Å². The summed E-state index contributed by atoms with van der Waals surface area (Å²) in [6, 6.07) is 9.52. The van der Waals surface area contributed by atoms with Gasteiger partial charge in [-0.2, -0.15) is 0 Å². The highest BCUT2D eigenvalue weighted by Gasteiger charge is 2.15. The molecule has 0 radical (unpaired) electrons. The lowest BCUT2D eigenvalue weighted by atomic mass is 10.2. The quantitative estimate of drug-likeness (QED) is 0.853. The van der Waals surface area contributed by atoms with Gasteiger partial charge in [0.2, 0.25) is 0 Å². The Kier molecular flexibility index (Phi) is 4.07. The molecule has 19 heavy (non-hydrogen) atoms. The summed E-state index contributed by atoms with van der Waals surface area (Å²) in [5.41, 5.74) is 1.18. The highest BCUT2D eigenvalue weighted by Crippen LogP contribution is 2.18. The number of benzene rings is 1. The number of para-hydroxylation sites is 1. The molecule has 0 unspecified atom stereocenters. The minimum absolute atomic E-state index is 0.317. The summed E-state index contributed by atoms with van der Waals surface area (Å²) in [7, 11) is 0. The molecule has 0 aliphatic heterocycles. The maximum Gasteiger partial charge on any atom is 0.343 e. The van der Waals surface area contributed by atoms with E-state index in [9.17, 15) is 4.79 Å². The smallest absolute Gasteiger partial charge is 0.343 e. The zero-order valence-corrected chi connectivity index (χ0v) is 10.9. The molecule has 2 rings (SSSR count). The molecule has 0 aliphatic carbocycles. The third-order valence-corrected chi connectivity index (χ3v) is 2.44. The molecule has 5 nitrogen and oxygen atoms in total. The maximum absolute atomic E-state index is 11.8. The largest absolute Gasteiger partial charge is 0.462 e. The SMILES string of the molecule is CCOC(=O)c1cnc(C)nc1Nc1ccccc1. The number of ether oxygens (including phenoxy) is 1. The zero-order valence-electron chi connectivity index (χ0n) is 10.9. The average Bonchev–Trinajstić information content (AvgIpc) is 2.40. The van der Waals surface area contributed by atoms with Gasteiger partial charge in [-0.15, -0.1) is 0 Å². The molecule has 0 fully saturated rings. The van der Waals surface area contributed by atoms with E-state index in [0.717, 1.165) is 5.69 Å². The molecule has 0 amide bonds. The highest BCUT2D eigenvalue weighted by molar-refractivity contribution is 5.95. The first-order chi connectivity index (χ1) is 9.20. The molecule has 1 aromatic carbocycles. The fraction of sp³-hybridized carbons (Fsp3) is 0.214. The molecule has 0 bridgehead atoms. The van der Waals surface area contributed by atoms with Gasteiger partial charge in [0, 0.05) is 11.9 Å². The number of rotatable bonds is 4. The van der Waals surface area contributed by atoms with Crippen molar-refractivity contribution >= 4 is 17.5 Å². The van der Waals surface area contributed by atoms with E-state index in [-0.39, 0.29) is 0 Å². The van der Waals surface area contributed by atoms with Crippen LogP contribution in [0.25, 0.3) is 0 Å². The van der Waals surface area contributed by atoms with Crippen LogP contribution in [0.5, 0.6) is 0 Å². The molecule has 1 aromatic heterocycles. The summed E-state index contributed by atoms with van der Waals surface area (Å²) in [4.78, 5) is 20.1. The third-order valence-electron chi connectivity index (χ3n) is 2.44. The van der Waals surface area contributed by atoms with E-state index in [0.29, 0.717) is 23.8 Å². The highest BCUT2D eigenvalue weighted by atomic mass is 16.5. The van der Waals surface area contributed by atoms with E-state index < -0.39 is 5.97 Å². The predicted octanol–water partition coefficient (Wildman–Crippen LogP) is 2.71. The third kappa shape index (κ3) is 3.28. The van der Waals surface area contributed by atoms with Gasteiger partial charge in [-0.1, -0.05) is 18.2 Å². The molecule has 5 heteroatoms. The minimum Gasteiger partial charge on any atom is -0.462 e. The summed E-state index contributed by atoms with van der Waals surface area (Å²) >= 11 is 0. The summed E-state index contributed by atoms with van der Waals surface area (Å²) in [5.74, 6) is 0.615. The Labute approximate surface area is 111 Å². The van der Waals surface area contributed by atoms with Gasteiger partial charge in [0.15, 0.2) is 0 Å². The van der Waals surface area contributed by atoms with Crippen molar-refractivity contribution in [1.82, 2.24) is 9.97 Å². The van der Waals surface area contributed by atoms with E-state index >= 15 is 0 Å². The van der Waals surface area contributed by atoms with Crippen molar-refractivity contribution in [2.45, 2.75) is 13.8 Å². The maximum atomic E-state index is 11.8. The average molecular weight is 257 g/mol. The van der Waals surface area contributed by atoms with E-state index in [2.05, 4.69) is 15.3 Å². The van der Waals surface area contributed by atoms with Crippen LogP contribution >= 0.6 is 0 Å². The number of hydrogen-bond acceptors (Lipinski definition) is 5. The van der Waals surface area contributed by atoms with Gasteiger partial charge in [0.25, 0.3) is 0 Å². The number of nitrogens with one attached hydrogen (secondary N) is 1. The Bertz CT molecular complexity index is 570. The van der Waals surface area contributed by atoms with Crippen molar-refractivity contribution in [2.75, 3.05) is 11.9 Å². The van der Waals surface area contributed by atoms with Gasteiger partial charge in [-0.3, -0.25) is 0 Å². The molecule has 2 aromatic rings. The number of aromatic nitrogens is 2. The number of carbonyl (C=O) groups is 1. The molecule has 1 N–H and O–H groups in total. The van der Waals surface area contributed by atoms with Crippen LogP contribution in [0.15, 0.2) is 36.5 Å². The fourth-order valence-corrected chi connectivity index (χ4v) is 1.58. The molecule has 0 atom stereocenters. The van der Waals surface area contributed by atoms with E-state index in [4.69, 9.17) is 4.74 Å². The van der Waals surface area contributed by atoms with Crippen molar-refractivity contribution in [3.05, 3.63) is 47.9 Å². The van der Waals surface area contributed by atoms with Crippen molar-refractivity contribution in [3.63, 3.8) is 0 Å². The summed E-state index contributed by atoms with van der Waals surface area (Å²) in [6.45, 7) is 3.85. The summed E-state index contributed by atoms with van der Waals surface area (Å²) < 4.78 is 4.99. The van der Waals surface area contributed by atoms with Gasteiger partial charge < -0.3 is 10.1 Å². The molecule has 0 saturated heterocycles. The second kappa shape index (κ2) is 5.95. The van der Waals surface area contributed by atoms with Crippen molar-refractivity contribution in [3.8, 4) is 0 Å². The van der Waals surface area contributed by atoms with Crippen LogP contribution in [-0.2, 0) is 4.74 Å². The van der Waals surface area contributed by atoms with Crippen LogP contribution in [0, 0.1) is 6.92 Å². The van der Waals surface area contributed by atoms with Crippen LogP contribution in [0.2, 0.25) is 0 Å². The number of nitrogens with zero attached hydrogens (tertiary/aromatic N) is 2. The lowest BCUT2D eigenvalue weighted by Gasteiger charge is -2.10. The molecule has 0 saturated carbocycles. The van der Waals surface area contributed by atoms with E-state index in [1.54, 1.807) is 13.8 Å². The van der Waals surface area contributed by atoms with Gasteiger partial charge in [0.1, 0.15) is 17.2 Å². The fourth-order valence-electron chi connectivity index (χ4n) is 1.58. The van der Waals surface area contributed by atoms with Crippen LogP contribution in [-0.4, -0.2) is 22.5 Å². The Morgan fingerprint density at radius 1 is 1.32 bits per heavy atom. The van der Waals surface area contributed by atoms with E-state index in [1.807, 2.05) is 30.3 Å². The Morgan fingerprint density at radius 3 is 2.74 bits per heavy atom. The normalized spacial score (nSPS) is 10.0. The molecular weight excluding hydrogens is 242 g/mol. The molecule has 0 spiro atoms. The number of aryl methyl sites for hydroxylation is 1. The first-order valence-electron chi connectivity index (χ1n) is 6.03. The zero-order chi connectivity index (χ0) is 13.7. The minimum atomic E-state index is -0.430. The number of hydrogen-bond donors (Lipinski definition) is 1. The predicted molar refractivity (Wildman–Crippen MR) is 72.5 cm³/mol. The summed E-state index contributed by atoms with van der Waals surface area (Å²) in [6.07, 6.45) is 1.48. The number of anilines is 2. The lowest BCUT2D eigenvalue weighted by Crippen LogP contribution is -2.11. The molecule has 0 aliphatic rings. The first-order valence-corrected chi connectivity index (χ1v) is 6.03. The standard InChI is InChI=1S/C14H15N3O2/c1-3-19-14(18)12-9-15-10(2)16-13(12)17-11-7-5-4-6-8-11/h4-9H,3H2,1-2H3,(H,15,16,17). The topological polar surface area (TPSA) is 64.1 Å². The molecule has 1 heterocycles. The van der Waals surface area contributed by atoms with Crippen LogP contribution in [0.1, 0.15) is 23.1 Å². The summed E-state index contributed by atoms with van der Waals surface area (Å²) in [5, 5.41) is 3.10. The van der Waals surface area contributed by atoms with Crippen LogP contribution in [0.3, 0.4) is 0 Å². The van der Waals surface area contributed by atoms with Gasteiger partial charge in [-0.05, 0) is 26.0 Å². The Balaban J connectivity index is 2.32. The second-order valence-corrected chi connectivity index (χ2v) is 3.89. The second-order valence-electron chi connectivity index (χ2n) is 3.89. The lowest BCUT2D eigenvalue weighted by molar-refractivity contribution is 0.0526. The molecule has 98 valence electrons. The van der Waals surface area contributed by atoms with Crippen molar-refractivity contribution in [1.29, 1.82) is 0 Å². The Morgan fingerprint density at radius 2 is 2.05 bits per heavy atom. The monoisotopic (exact) mass is 257 g/mol. The molecular formula is C14H15N3O2. The van der Waals surface area contributed by atoms with Crippen molar-refractivity contribution < 1.29 is 9.53 Å². The Hall–Kier alpha value is -2.43. The van der Waals surface area contributed by atoms with E-state index in [1.165, 1.54) is 6.20 Å². The van der Waals surface area contributed by atoms with Crippen molar-refractivity contribution in [2.24, 2.45) is 0 Å². The van der Waals surface area contributed by atoms with Gasteiger partial charge >= 0.3 is 5.97 Å². The number of carbonyl (C=O) groups excluding carboxylic acids is 1.